The van der Waals surface area contributed by atoms with Crippen molar-refractivity contribution in [1.82, 2.24) is 0 Å². The van der Waals surface area contributed by atoms with Crippen molar-refractivity contribution in [2.75, 3.05) is 0 Å². The maximum absolute atomic E-state index is 11.5. The molecule has 0 amide bonds. The number of rotatable bonds is 5. The Labute approximate surface area is 138 Å². The summed E-state index contributed by atoms with van der Waals surface area (Å²) in [6.45, 7) is 1.94. The van der Waals surface area contributed by atoms with Crippen LogP contribution in [0.25, 0.3) is 0 Å². The van der Waals surface area contributed by atoms with E-state index in [1.165, 1.54) is 11.8 Å². The van der Waals surface area contributed by atoms with E-state index in [2.05, 4.69) is 0 Å². The van der Waals surface area contributed by atoms with Gasteiger partial charge in [0.2, 0.25) is 0 Å². The molecule has 0 heterocycles. The fourth-order valence-corrected chi connectivity index (χ4v) is 3.28. The molecular weight excluding hydrogens is 327 g/mol. The first-order chi connectivity index (χ1) is 9.95. The number of hydrogen-bond acceptors (Lipinski definition) is 2. The highest BCUT2D eigenvalue weighted by atomic mass is 35.5. The molecule has 2 aromatic rings. The van der Waals surface area contributed by atoms with Gasteiger partial charge >= 0.3 is 5.97 Å². The fraction of sp³-hybridized carbons (Fsp3) is 0.188. The molecule has 0 saturated carbocycles. The topological polar surface area (TPSA) is 37.3 Å². The number of carboxylic acid groups (broad SMARTS) is 1. The molecule has 1 N–H and O–H groups in total. The van der Waals surface area contributed by atoms with Gasteiger partial charge in [-0.25, -0.2) is 0 Å². The van der Waals surface area contributed by atoms with Gasteiger partial charge in [-0.05, 0) is 60.9 Å². The molecule has 0 aliphatic rings. The summed E-state index contributed by atoms with van der Waals surface area (Å²) in [4.78, 5) is 12.4. The highest BCUT2D eigenvalue weighted by Gasteiger charge is 2.20. The van der Waals surface area contributed by atoms with Crippen LogP contribution in [0.4, 0.5) is 0 Å². The Balaban J connectivity index is 2.15. The Hall–Kier alpha value is -1.16. The van der Waals surface area contributed by atoms with Gasteiger partial charge in [-0.2, -0.15) is 0 Å². The Morgan fingerprint density at radius 2 is 1.76 bits per heavy atom. The first-order valence-corrected chi connectivity index (χ1v) is 7.99. The van der Waals surface area contributed by atoms with Gasteiger partial charge < -0.3 is 5.11 Å². The van der Waals surface area contributed by atoms with Crippen LogP contribution in [0.1, 0.15) is 11.1 Å². The summed E-state index contributed by atoms with van der Waals surface area (Å²) < 4.78 is 0. The Bertz CT molecular complexity index is 641. The van der Waals surface area contributed by atoms with Gasteiger partial charge in [-0.3, -0.25) is 4.79 Å². The minimum Gasteiger partial charge on any atom is -0.480 e. The van der Waals surface area contributed by atoms with E-state index >= 15 is 0 Å². The lowest BCUT2D eigenvalue weighted by molar-refractivity contribution is -0.136. The highest BCUT2D eigenvalue weighted by Crippen LogP contribution is 2.28. The maximum atomic E-state index is 11.5. The molecule has 0 aliphatic heterocycles. The number of benzene rings is 2. The third-order valence-electron chi connectivity index (χ3n) is 3.08. The van der Waals surface area contributed by atoms with Crippen molar-refractivity contribution in [3.63, 3.8) is 0 Å². The summed E-state index contributed by atoms with van der Waals surface area (Å²) in [7, 11) is 0. The van der Waals surface area contributed by atoms with Gasteiger partial charge in [0.25, 0.3) is 0 Å². The van der Waals surface area contributed by atoms with E-state index in [4.69, 9.17) is 23.2 Å². The molecule has 0 unspecified atom stereocenters. The predicted octanol–water partition coefficient (Wildman–Crippen LogP) is 5.09. The fourth-order valence-electron chi connectivity index (χ4n) is 1.94. The van der Waals surface area contributed by atoms with E-state index < -0.39 is 11.2 Å². The zero-order valence-electron chi connectivity index (χ0n) is 11.3. The van der Waals surface area contributed by atoms with Gasteiger partial charge in [0.1, 0.15) is 5.25 Å². The van der Waals surface area contributed by atoms with Crippen LogP contribution in [-0.2, 0) is 11.2 Å². The first kappa shape index (κ1) is 16.2. The molecule has 0 radical (unpaired) electrons. The third-order valence-corrected chi connectivity index (χ3v) is 4.76. The second-order valence-electron chi connectivity index (χ2n) is 4.67. The number of thioether (sulfide) groups is 1. The molecular formula is C16H14Cl2O2S. The van der Waals surface area contributed by atoms with Crippen LogP contribution in [0, 0.1) is 6.92 Å². The van der Waals surface area contributed by atoms with Gasteiger partial charge in [-0.1, -0.05) is 29.3 Å². The van der Waals surface area contributed by atoms with E-state index in [9.17, 15) is 9.90 Å². The van der Waals surface area contributed by atoms with Crippen molar-refractivity contribution >= 4 is 40.9 Å². The van der Waals surface area contributed by atoms with E-state index in [0.717, 1.165) is 16.0 Å². The minimum atomic E-state index is -0.829. The number of halogens is 2. The van der Waals surface area contributed by atoms with Crippen molar-refractivity contribution in [3.8, 4) is 0 Å². The molecule has 2 nitrogen and oxygen atoms in total. The van der Waals surface area contributed by atoms with E-state index in [1.807, 2.05) is 31.2 Å². The van der Waals surface area contributed by atoms with Crippen molar-refractivity contribution in [2.24, 2.45) is 0 Å². The average Bonchev–Trinajstić information content (AvgIpc) is 2.43. The quantitative estimate of drug-likeness (QED) is 0.770. The summed E-state index contributed by atoms with van der Waals surface area (Å²) >= 11 is 13.1. The average molecular weight is 341 g/mol. The van der Waals surface area contributed by atoms with Crippen LogP contribution >= 0.6 is 35.0 Å². The van der Waals surface area contributed by atoms with Crippen molar-refractivity contribution in [3.05, 3.63) is 63.6 Å². The zero-order chi connectivity index (χ0) is 15.4. The normalized spacial score (nSPS) is 12.1. The monoisotopic (exact) mass is 340 g/mol. The summed E-state index contributed by atoms with van der Waals surface area (Å²) in [6, 6.07) is 12.7. The Morgan fingerprint density at radius 1 is 1.14 bits per heavy atom. The van der Waals surface area contributed by atoms with Crippen LogP contribution in [0.15, 0.2) is 47.4 Å². The summed E-state index contributed by atoms with van der Waals surface area (Å²) in [6.07, 6.45) is 0.450. The molecule has 110 valence electrons. The number of aliphatic carboxylic acids is 1. The van der Waals surface area contributed by atoms with Crippen LogP contribution in [0.5, 0.6) is 0 Å². The van der Waals surface area contributed by atoms with Crippen molar-refractivity contribution < 1.29 is 9.90 Å². The van der Waals surface area contributed by atoms with E-state index in [1.54, 1.807) is 18.2 Å². The molecule has 0 aromatic heterocycles. The molecule has 1 atom stereocenters. The standard InChI is InChI=1S/C16H14Cl2O2S/c1-10-8-13(18)3-2-11(10)9-15(16(19)20)21-14-6-4-12(17)5-7-14/h2-8,15H,9H2,1H3,(H,19,20)/t15-/m0/s1. The lowest BCUT2D eigenvalue weighted by Crippen LogP contribution is -2.19. The summed E-state index contributed by atoms with van der Waals surface area (Å²) in [5.41, 5.74) is 2.00. The number of carbonyl (C=O) groups is 1. The zero-order valence-corrected chi connectivity index (χ0v) is 13.7. The van der Waals surface area contributed by atoms with Crippen LogP contribution in [0.2, 0.25) is 10.0 Å². The van der Waals surface area contributed by atoms with Gasteiger partial charge in [-0.15, -0.1) is 11.8 Å². The van der Waals surface area contributed by atoms with Crippen LogP contribution in [-0.4, -0.2) is 16.3 Å². The van der Waals surface area contributed by atoms with Gasteiger partial charge in [0.15, 0.2) is 0 Å². The predicted molar refractivity (Wildman–Crippen MR) is 88.6 cm³/mol. The van der Waals surface area contributed by atoms with Gasteiger partial charge in [0.05, 0.1) is 0 Å². The Kier molecular flexibility index (Phi) is 5.57. The smallest absolute Gasteiger partial charge is 0.317 e. The summed E-state index contributed by atoms with van der Waals surface area (Å²) in [5.74, 6) is -0.829. The highest BCUT2D eigenvalue weighted by molar-refractivity contribution is 8.00. The molecule has 5 heteroatoms. The van der Waals surface area contributed by atoms with Gasteiger partial charge in [0, 0.05) is 14.9 Å². The second-order valence-corrected chi connectivity index (χ2v) is 6.82. The minimum absolute atomic E-state index is 0.450. The number of carboxylic acids is 1. The lowest BCUT2D eigenvalue weighted by Gasteiger charge is -2.14. The molecule has 0 bridgehead atoms. The maximum Gasteiger partial charge on any atom is 0.317 e. The SMILES string of the molecule is Cc1cc(Cl)ccc1C[C@H](Sc1ccc(Cl)cc1)C(=O)O. The number of hydrogen-bond donors (Lipinski definition) is 1. The first-order valence-electron chi connectivity index (χ1n) is 6.36. The van der Waals surface area contributed by atoms with E-state index in [-0.39, 0.29) is 0 Å². The molecule has 21 heavy (non-hydrogen) atoms. The summed E-state index contributed by atoms with van der Waals surface area (Å²) in [5, 5.41) is 10.2. The van der Waals surface area contributed by atoms with E-state index in [0.29, 0.717) is 16.5 Å². The largest absolute Gasteiger partial charge is 0.480 e. The van der Waals surface area contributed by atoms with Crippen LogP contribution < -0.4 is 0 Å². The molecule has 0 fully saturated rings. The molecule has 2 rings (SSSR count). The van der Waals surface area contributed by atoms with Crippen molar-refractivity contribution in [1.29, 1.82) is 0 Å². The Morgan fingerprint density at radius 3 is 2.33 bits per heavy atom. The molecule has 0 aliphatic carbocycles. The second kappa shape index (κ2) is 7.21. The van der Waals surface area contributed by atoms with Crippen LogP contribution in [0.3, 0.4) is 0 Å². The lowest BCUT2D eigenvalue weighted by atomic mass is 10.0. The molecule has 0 spiro atoms. The third kappa shape index (κ3) is 4.67. The molecule has 2 aromatic carbocycles. The van der Waals surface area contributed by atoms with Crippen molar-refractivity contribution in [2.45, 2.75) is 23.5 Å². The number of aryl methyl sites for hydroxylation is 1. The molecule has 0 saturated heterocycles.